The zero-order valence-electron chi connectivity index (χ0n) is 10.4. The second kappa shape index (κ2) is 5.44. The number of nitrogens with zero attached hydrogens (tertiary/aromatic N) is 1. The topological polar surface area (TPSA) is 143 Å². The summed E-state index contributed by atoms with van der Waals surface area (Å²) < 4.78 is 5.92. The molecule has 2 heterocycles. The van der Waals surface area contributed by atoms with Crippen molar-refractivity contribution in [3.63, 3.8) is 0 Å². The van der Waals surface area contributed by atoms with Crippen LogP contribution >= 0.6 is 0 Å². The fourth-order valence-corrected chi connectivity index (χ4v) is 2.01. The van der Waals surface area contributed by atoms with Gasteiger partial charge in [-0.15, -0.1) is 0 Å². The van der Waals surface area contributed by atoms with Gasteiger partial charge in [0.15, 0.2) is 6.10 Å². The van der Waals surface area contributed by atoms with Crippen LogP contribution in [0.1, 0.15) is 0 Å². The van der Waals surface area contributed by atoms with E-state index in [-0.39, 0.29) is 0 Å². The highest BCUT2D eigenvalue weighted by molar-refractivity contribution is 4.97. The van der Waals surface area contributed by atoms with Crippen LogP contribution in [0.3, 0.4) is 0 Å². The molecule has 4 atom stereocenters. The first-order chi connectivity index (χ1) is 9.46. The molecule has 0 aliphatic carbocycles. The Hall–Kier alpha value is -1.56. The molecule has 10 heteroatoms. The van der Waals surface area contributed by atoms with E-state index in [1.54, 1.807) is 0 Å². The summed E-state index contributed by atoms with van der Waals surface area (Å²) in [6.45, 7) is -0.620. The highest BCUT2D eigenvalue weighted by Crippen LogP contribution is 2.35. The number of ether oxygens (including phenoxy) is 1. The Labute approximate surface area is 111 Å². The molecule has 4 N–H and O–H groups in total. The normalized spacial score (nSPS) is 33.5. The number of aromatic amines is 1. The van der Waals surface area contributed by atoms with Crippen LogP contribution in [0.25, 0.3) is 0 Å². The molecule has 112 valence electrons. The lowest BCUT2D eigenvalue weighted by Crippen LogP contribution is -2.53. The fraction of sp³-hybridized carbons (Fsp3) is 0.600. The molecule has 1 aromatic heterocycles. The third-order valence-electron chi connectivity index (χ3n) is 2.94. The van der Waals surface area contributed by atoms with Gasteiger partial charge in [-0.2, -0.15) is 4.89 Å². The minimum atomic E-state index is -2.22. The van der Waals surface area contributed by atoms with Gasteiger partial charge in [-0.3, -0.25) is 9.78 Å². The van der Waals surface area contributed by atoms with Gasteiger partial charge in [-0.1, -0.05) is 0 Å². The maximum absolute atomic E-state index is 11.8. The van der Waals surface area contributed by atoms with Crippen molar-refractivity contribution in [2.75, 3.05) is 13.7 Å². The van der Waals surface area contributed by atoms with Crippen molar-refractivity contribution >= 4 is 0 Å². The van der Waals surface area contributed by atoms with Crippen LogP contribution in [0.15, 0.2) is 21.9 Å². The van der Waals surface area contributed by atoms with E-state index in [9.17, 15) is 19.8 Å². The Balaban J connectivity index is 2.55. The van der Waals surface area contributed by atoms with E-state index in [1.165, 1.54) is 0 Å². The van der Waals surface area contributed by atoms with Crippen LogP contribution in [-0.4, -0.2) is 56.9 Å². The van der Waals surface area contributed by atoms with Gasteiger partial charge in [0, 0.05) is 12.3 Å². The molecular weight excluding hydrogens is 276 g/mol. The molecular formula is C10H14N2O8. The van der Waals surface area contributed by atoms with Crippen molar-refractivity contribution < 1.29 is 29.8 Å². The molecule has 0 aromatic carbocycles. The number of H-pyrrole nitrogens is 1. The van der Waals surface area contributed by atoms with Crippen LogP contribution in [0.2, 0.25) is 0 Å². The Morgan fingerprint density at radius 3 is 2.70 bits per heavy atom. The van der Waals surface area contributed by atoms with Crippen LogP contribution < -0.4 is 11.2 Å². The lowest BCUT2D eigenvalue weighted by atomic mass is 10.1. The zero-order chi connectivity index (χ0) is 14.9. The van der Waals surface area contributed by atoms with E-state index >= 15 is 0 Å². The molecule has 0 spiro atoms. The summed E-state index contributed by atoms with van der Waals surface area (Å²) in [5.74, 6) is -2.22. The standard InChI is InChI=1S/C10H14N2O8/c1-18-20-10(8(16)7(15)5(4-13)19-10)12-3-2-6(14)11-9(12)17/h2-3,5,7-8,13,15-16H,4H2,1H3,(H,11,14,17)/t5-,7-,8-,10+/m1/s1. The summed E-state index contributed by atoms with van der Waals surface area (Å²) in [5, 5.41) is 28.9. The third kappa shape index (κ3) is 2.18. The Bertz CT molecular complexity index is 583. The van der Waals surface area contributed by atoms with E-state index in [2.05, 4.69) is 4.89 Å². The number of aliphatic hydroxyl groups excluding tert-OH is 3. The van der Waals surface area contributed by atoms with Crippen LogP contribution in [0, 0.1) is 0 Å². The molecule has 2 rings (SSSR count). The average molecular weight is 290 g/mol. The molecule has 1 fully saturated rings. The number of hydrogen-bond donors (Lipinski definition) is 4. The van der Waals surface area contributed by atoms with Gasteiger partial charge >= 0.3 is 11.6 Å². The smallest absolute Gasteiger partial charge is 0.332 e. The van der Waals surface area contributed by atoms with E-state index in [4.69, 9.17) is 14.7 Å². The first kappa shape index (κ1) is 14.8. The van der Waals surface area contributed by atoms with Crippen molar-refractivity contribution in [1.29, 1.82) is 0 Å². The molecule has 0 saturated carbocycles. The molecule has 10 nitrogen and oxygen atoms in total. The highest BCUT2D eigenvalue weighted by atomic mass is 17.2. The number of nitrogens with one attached hydrogen (secondary N) is 1. The van der Waals surface area contributed by atoms with E-state index in [1.807, 2.05) is 4.98 Å². The second-order valence-corrected chi connectivity index (χ2v) is 4.14. The average Bonchev–Trinajstić information content (AvgIpc) is 2.65. The monoisotopic (exact) mass is 290 g/mol. The van der Waals surface area contributed by atoms with Gasteiger partial charge in [-0.25, -0.2) is 14.2 Å². The van der Waals surface area contributed by atoms with E-state index < -0.39 is 42.1 Å². The van der Waals surface area contributed by atoms with Gasteiger partial charge in [-0.05, 0) is 0 Å². The summed E-state index contributed by atoms with van der Waals surface area (Å²) >= 11 is 0. The SMILES string of the molecule is COO[C@@]1(n2ccc(=O)[nH]c2=O)O[C@H](CO)[C@@H](O)[C@H]1O. The maximum Gasteiger partial charge on any atom is 0.332 e. The van der Waals surface area contributed by atoms with Crippen LogP contribution in [0.4, 0.5) is 0 Å². The predicted molar refractivity (Wildman–Crippen MR) is 61.4 cm³/mol. The van der Waals surface area contributed by atoms with Gasteiger partial charge in [0.05, 0.1) is 13.7 Å². The number of aliphatic hydroxyl groups is 3. The van der Waals surface area contributed by atoms with Gasteiger partial charge in [0.25, 0.3) is 5.56 Å². The fourth-order valence-electron chi connectivity index (χ4n) is 2.01. The van der Waals surface area contributed by atoms with Crippen LogP contribution in [-0.2, 0) is 20.4 Å². The third-order valence-corrected chi connectivity index (χ3v) is 2.94. The lowest BCUT2D eigenvalue weighted by Gasteiger charge is -2.30. The number of aromatic nitrogens is 2. The molecule has 1 aromatic rings. The highest BCUT2D eigenvalue weighted by Gasteiger charge is 2.58. The molecule has 20 heavy (non-hydrogen) atoms. The first-order valence-corrected chi connectivity index (χ1v) is 5.65. The number of rotatable bonds is 4. The van der Waals surface area contributed by atoms with Gasteiger partial charge < -0.3 is 20.1 Å². The lowest BCUT2D eigenvalue weighted by molar-refractivity contribution is -0.465. The summed E-state index contributed by atoms with van der Waals surface area (Å²) in [5.41, 5.74) is -1.61. The maximum atomic E-state index is 11.8. The van der Waals surface area contributed by atoms with Gasteiger partial charge in [0.1, 0.15) is 12.2 Å². The van der Waals surface area contributed by atoms with E-state index in [0.717, 1.165) is 19.4 Å². The molecule has 0 bridgehead atoms. The van der Waals surface area contributed by atoms with Crippen LogP contribution in [0.5, 0.6) is 0 Å². The molecule has 1 aliphatic heterocycles. The van der Waals surface area contributed by atoms with Gasteiger partial charge in [0.2, 0.25) is 0 Å². The van der Waals surface area contributed by atoms with Crippen molar-refractivity contribution in [3.8, 4) is 0 Å². The second-order valence-electron chi connectivity index (χ2n) is 4.14. The molecule has 1 saturated heterocycles. The van der Waals surface area contributed by atoms with E-state index in [0.29, 0.717) is 4.57 Å². The zero-order valence-corrected chi connectivity index (χ0v) is 10.4. The van der Waals surface area contributed by atoms with Crippen molar-refractivity contribution in [2.45, 2.75) is 24.2 Å². The molecule has 0 amide bonds. The first-order valence-electron chi connectivity index (χ1n) is 5.65. The molecule has 1 aliphatic rings. The Kier molecular flexibility index (Phi) is 4.04. The minimum absolute atomic E-state index is 0.620. The quantitative estimate of drug-likeness (QED) is 0.336. The number of hydrogen-bond acceptors (Lipinski definition) is 8. The molecule has 0 unspecified atom stereocenters. The summed E-state index contributed by atoms with van der Waals surface area (Å²) in [4.78, 5) is 34.1. The summed E-state index contributed by atoms with van der Waals surface area (Å²) in [7, 11) is 1.10. The summed E-state index contributed by atoms with van der Waals surface area (Å²) in [6, 6.07) is 0.997. The van der Waals surface area contributed by atoms with Crippen molar-refractivity contribution in [2.24, 2.45) is 0 Å². The Morgan fingerprint density at radius 1 is 1.50 bits per heavy atom. The predicted octanol–water partition coefficient (Wildman–Crippen LogP) is -3.16. The minimum Gasteiger partial charge on any atom is -0.394 e. The van der Waals surface area contributed by atoms with Crippen molar-refractivity contribution in [1.82, 2.24) is 9.55 Å². The van der Waals surface area contributed by atoms with Crippen molar-refractivity contribution in [3.05, 3.63) is 33.1 Å². The Morgan fingerprint density at radius 2 is 2.20 bits per heavy atom. The summed E-state index contributed by atoms with van der Waals surface area (Å²) in [6.07, 6.45) is -3.44. The largest absolute Gasteiger partial charge is 0.394 e. The molecule has 0 radical (unpaired) electrons.